The molecule has 6 heteroatoms. The van der Waals surface area contributed by atoms with Gasteiger partial charge < -0.3 is 14.6 Å². The molecule has 0 unspecified atom stereocenters. The van der Waals surface area contributed by atoms with Crippen LogP contribution in [-0.2, 0) is 9.47 Å². The van der Waals surface area contributed by atoms with E-state index in [0.717, 1.165) is 25.9 Å². The molecule has 1 N–H and O–H groups in total. The smallest absolute Gasteiger partial charge is 0.356 e. The van der Waals surface area contributed by atoms with E-state index < -0.39 is 5.97 Å². The quantitative estimate of drug-likeness (QED) is 0.867. The van der Waals surface area contributed by atoms with Crippen LogP contribution < -0.4 is 0 Å². The second-order valence-electron chi connectivity index (χ2n) is 4.27. The first-order valence-corrected chi connectivity index (χ1v) is 6.65. The second-order valence-corrected chi connectivity index (χ2v) is 4.68. The lowest BCUT2D eigenvalue weighted by Gasteiger charge is -2.21. The second kappa shape index (κ2) is 7.25. The van der Waals surface area contributed by atoms with Crippen molar-refractivity contribution in [1.82, 2.24) is 4.98 Å². The number of carboxylic acids is 1. The van der Waals surface area contributed by atoms with Crippen LogP contribution in [0.4, 0.5) is 0 Å². The molecule has 1 saturated heterocycles. The molecule has 0 radical (unpaired) electrons. The van der Waals surface area contributed by atoms with Gasteiger partial charge in [-0.2, -0.15) is 0 Å². The number of carboxylic acid groups (broad SMARTS) is 1. The SMILES string of the molecule is O=C(O)c1ncc(C#CCO[C@H]2CCCCO2)cc1Cl. The molecule has 1 aromatic heterocycles. The molecule has 0 aliphatic carbocycles. The van der Waals surface area contributed by atoms with Crippen LogP contribution in [0.15, 0.2) is 12.3 Å². The highest BCUT2D eigenvalue weighted by atomic mass is 35.5. The van der Waals surface area contributed by atoms with E-state index in [9.17, 15) is 4.79 Å². The van der Waals surface area contributed by atoms with Crippen LogP contribution in [0.3, 0.4) is 0 Å². The highest BCUT2D eigenvalue weighted by molar-refractivity contribution is 6.33. The molecule has 2 rings (SSSR count). The molecule has 106 valence electrons. The third-order valence-electron chi connectivity index (χ3n) is 2.76. The van der Waals surface area contributed by atoms with E-state index in [-0.39, 0.29) is 23.6 Å². The van der Waals surface area contributed by atoms with E-state index in [4.69, 9.17) is 26.2 Å². The molecule has 2 heterocycles. The van der Waals surface area contributed by atoms with Gasteiger partial charge in [0.1, 0.15) is 6.61 Å². The number of nitrogens with zero attached hydrogens (tertiary/aromatic N) is 1. The zero-order chi connectivity index (χ0) is 14.4. The Kier molecular flexibility index (Phi) is 5.36. The Hall–Kier alpha value is -1.61. The number of hydrogen-bond acceptors (Lipinski definition) is 4. The van der Waals surface area contributed by atoms with Gasteiger partial charge in [-0.3, -0.25) is 0 Å². The van der Waals surface area contributed by atoms with Crippen molar-refractivity contribution in [2.75, 3.05) is 13.2 Å². The monoisotopic (exact) mass is 295 g/mol. The molecule has 0 aromatic carbocycles. The lowest BCUT2D eigenvalue weighted by molar-refractivity contribution is -0.154. The number of pyridine rings is 1. The Morgan fingerprint density at radius 1 is 1.60 bits per heavy atom. The van der Waals surface area contributed by atoms with Gasteiger partial charge in [0.25, 0.3) is 0 Å². The molecule has 1 fully saturated rings. The van der Waals surface area contributed by atoms with Gasteiger partial charge in [-0.05, 0) is 25.3 Å². The largest absolute Gasteiger partial charge is 0.476 e. The van der Waals surface area contributed by atoms with Gasteiger partial charge in [0.05, 0.1) is 5.02 Å². The summed E-state index contributed by atoms with van der Waals surface area (Å²) in [6, 6.07) is 1.47. The summed E-state index contributed by atoms with van der Waals surface area (Å²) >= 11 is 5.80. The number of carbonyl (C=O) groups is 1. The van der Waals surface area contributed by atoms with Crippen molar-refractivity contribution < 1.29 is 19.4 Å². The van der Waals surface area contributed by atoms with Crippen molar-refractivity contribution in [2.24, 2.45) is 0 Å². The molecule has 1 atom stereocenters. The van der Waals surface area contributed by atoms with Gasteiger partial charge in [-0.1, -0.05) is 23.4 Å². The van der Waals surface area contributed by atoms with E-state index in [2.05, 4.69) is 16.8 Å². The van der Waals surface area contributed by atoms with Crippen molar-refractivity contribution in [1.29, 1.82) is 0 Å². The van der Waals surface area contributed by atoms with Crippen LogP contribution >= 0.6 is 11.6 Å². The van der Waals surface area contributed by atoms with E-state index in [1.807, 2.05) is 0 Å². The number of aromatic carboxylic acids is 1. The molecule has 1 aromatic rings. The third kappa shape index (κ3) is 4.20. The van der Waals surface area contributed by atoms with Crippen molar-refractivity contribution >= 4 is 17.6 Å². The Morgan fingerprint density at radius 2 is 2.45 bits per heavy atom. The summed E-state index contributed by atoms with van der Waals surface area (Å²) < 4.78 is 10.9. The summed E-state index contributed by atoms with van der Waals surface area (Å²) in [5.74, 6) is 4.49. The normalized spacial score (nSPS) is 18.1. The number of ether oxygens (including phenoxy) is 2. The van der Waals surface area contributed by atoms with Gasteiger partial charge in [-0.25, -0.2) is 9.78 Å². The van der Waals surface area contributed by atoms with Crippen LogP contribution in [0.2, 0.25) is 5.02 Å². The minimum atomic E-state index is -1.16. The lowest BCUT2D eigenvalue weighted by Crippen LogP contribution is -2.22. The van der Waals surface area contributed by atoms with Crippen LogP contribution in [0.25, 0.3) is 0 Å². The Bertz CT molecular complexity index is 544. The minimum Gasteiger partial charge on any atom is -0.476 e. The van der Waals surface area contributed by atoms with E-state index in [1.54, 1.807) is 0 Å². The highest BCUT2D eigenvalue weighted by Crippen LogP contribution is 2.15. The maximum Gasteiger partial charge on any atom is 0.356 e. The van der Waals surface area contributed by atoms with Crippen molar-refractivity contribution in [3.8, 4) is 11.8 Å². The maximum atomic E-state index is 10.8. The average molecular weight is 296 g/mol. The number of rotatable bonds is 3. The van der Waals surface area contributed by atoms with Gasteiger partial charge >= 0.3 is 5.97 Å². The predicted molar refractivity (Wildman–Crippen MR) is 72.6 cm³/mol. The molecule has 0 amide bonds. The zero-order valence-corrected chi connectivity index (χ0v) is 11.5. The number of hydrogen-bond donors (Lipinski definition) is 1. The fourth-order valence-corrected chi connectivity index (χ4v) is 2.03. The summed E-state index contributed by atoms with van der Waals surface area (Å²) in [4.78, 5) is 14.5. The molecule has 5 nitrogen and oxygen atoms in total. The first-order chi connectivity index (χ1) is 9.66. The number of aromatic nitrogens is 1. The van der Waals surface area contributed by atoms with Crippen LogP contribution in [0.5, 0.6) is 0 Å². The highest BCUT2D eigenvalue weighted by Gasteiger charge is 2.13. The van der Waals surface area contributed by atoms with E-state index in [1.165, 1.54) is 12.3 Å². The summed E-state index contributed by atoms with van der Waals surface area (Å²) in [6.07, 6.45) is 4.27. The van der Waals surface area contributed by atoms with E-state index >= 15 is 0 Å². The topological polar surface area (TPSA) is 68.7 Å². The molecule has 0 saturated carbocycles. The molecule has 0 bridgehead atoms. The standard InChI is InChI=1S/C14H14ClNO4/c15-11-8-10(9-16-13(11)14(17)18)4-3-7-20-12-5-1-2-6-19-12/h8-9,12H,1-2,5-7H2,(H,17,18)/t12-/m0/s1. The van der Waals surface area contributed by atoms with Crippen molar-refractivity contribution in [3.05, 3.63) is 28.5 Å². The first kappa shape index (κ1) is 14.8. The van der Waals surface area contributed by atoms with Crippen LogP contribution in [0.1, 0.15) is 35.3 Å². The molecule has 1 aliphatic heterocycles. The first-order valence-electron chi connectivity index (χ1n) is 6.28. The van der Waals surface area contributed by atoms with Crippen molar-refractivity contribution in [2.45, 2.75) is 25.6 Å². The fourth-order valence-electron chi connectivity index (χ4n) is 1.78. The minimum absolute atomic E-state index is 0.0702. The molecular formula is C14H14ClNO4. The molecule has 0 spiro atoms. The lowest BCUT2D eigenvalue weighted by atomic mass is 10.2. The molecular weight excluding hydrogens is 282 g/mol. The zero-order valence-electron chi connectivity index (χ0n) is 10.8. The van der Waals surface area contributed by atoms with E-state index in [0.29, 0.717) is 5.56 Å². The summed E-state index contributed by atoms with van der Waals surface area (Å²) in [7, 11) is 0. The Labute approximate surface area is 121 Å². The summed E-state index contributed by atoms with van der Waals surface area (Å²) in [5, 5.41) is 8.87. The van der Waals surface area contributed by atoms with Crippen LogP contribution in [-0.4, -0.2) is 35.6 Å². The van der Waals surface area contributed by atoms with Crippen molar-refractivity contribution in [3.63, 3.8) is 0 Å². The Morgan fingerprint density at radius 3 is 3.10 bits per heavy atom. The fraction of sp³-hybridized carbons (Fsp3) is 0.429. The Balaban J connectivity index is 1.88. The predicted octanol–water partition coefficient (Wildman–Crippen LogP) is 2.33. The van der Waals surface area contributed by atoms with Gasteiger partial charge in [0.15, 0.2) is 12.0 Å². The maximum absolute atomic E-state index is 10.8. The van der Waals surface area contributed by atoms with Gasteiger partial charge in [-0.15, -0.1) is 0 Å². The third-order valence-corrected chi connectivity index (χ3v) is 3.04. The summed E-state index contributed by atoms with van der Waals surface area (Å²) in [6.45, 7) is 0.983. The van der Waals surface area contributed by atoms with Crippen LogP contribution in [0, 0.1) is 11.8 Å². The van der Waals surface area contributed by atoms with Gasteiger partial charge in [0, 0.05) is 18.4 Å². The summed E-state index contributed by atoms with van der Waals surface area (Å²) in [5.41, 5.74) is 0.372. The average Bonchev–Trinajstić information content (AvgIpc) is 2.44. The molecule has 1 aliphatic rings. The van der Waals surface area contributed by atoms with Gasteiger partial charge in [0.2, 0.25) is 0 Å². The molecule has 20 heavy (non-hydrogen) atoms. The number of halogens is 1.